The van der Waals surface area contributed by atoms with E-state index >= 15 is 0 Å². The Hall–Kier alpha value is -2.37. The molecule has 0 aliphatic heterocycles. The Morgan fingerprint density at radius 1 is 1.32 bits per heavy atom. The summed E-state index contributed by atoms with van der Waals surface area (Å²) in [7, 11) is 0. The van der Waals surface area contributed by atoms with Gasteiger partial charge in [0.15, 0.2) is 0 Å². The lowest BCUT2D eigenvalue weighted by molar-refractivity contribution is -0.119. The first-order valence-electron chi connectivity index (χ1n) is 6.77. The molecule has 114 valence electrons. The molecule has 1 aliphatic carbocycles. The molecule has 1 atom stereocenters. The SMILES string of the molecule is Cc1ccc(NC(=O)[C@@H]2CC2(F)F)cc1-c1cncc(F)c1. The minimum Gasteiger partial charge on any atom is -0.326 e. The lowest BCUT2D eigenvalue weighted by Crippen LogP contribution is -2.17. The van der Waals surface area contributed by atoms with Crippen LogP contribution in [0, 0.1) is 18.7 Å². The predicted octanol–water partition coefficient (Wildman–Crippen LogP) is 3.79. The molecule has 6 heteroatoms. The van der Waals surface area contributed by atoms with Crippen molar-refractivity contribution in [1.82, 2.24) is 4.98 Å². The van der Waals surface area contributed by atoms with E-state index in [1.807, 2.05) is 6.92 Å². The average molecular weight is 306 g/mol. The quantitative estimate of drug-likeness (QED) is 0.937. The number of aryl methyl sites for hydroxylation is 1. The third kappa shape index (κ3) is 2.81. The van der Waals surface area contributed by atoms with Gasteiger partial charge in [-0.15, -0.1) is 0 Å². The van der Waals surface area contributed by atoms with E-state index in [0.717, 1.165) is 11.8 Å². The fourth-order valence-electron chi connectivity index (χ4n) is 2.30. The Balaban J connectivity index is 1.86. The summed E-state index contributed by atoms with van der Waals surface area (Å²) >= 11 is 0. The third-order valence-electron chi connectivity index (χ3n) is 3.66. The standard InChI is InChI=1S/C16H13F3N2O/c1-9-2-3-12(21-15(22)14-6-16(14,18)19)5-13(9)10-4-11(17)8-20-7-10/h2-5,7-8,14H,6H2,1H3,(H,21,22)/t14-/m0/s1. The molecule has 1 aliphatic rings. The predicted molar refractivity (Wildman–Crippen MR) is 76.1 cm³/mol. The maximum absolute atomic E-state index is 13.3. The van der Waals surface area contributed by atoms with Crippen LogP contribution in [0.25, 0.3) is 11.1 Å². The van der Waals surface area contributed by atoms with E-state index in [-0.39, 0.29) is 0 Å². The van der Waals surface area contributed by atoms with Crippen LogP contribution in [0.1, 0.15) is 12.0 Å². The van der Waals surface area contributed by atoms with Crippen molar-refractivity contribution in [2.75, 3.05) is 5.32 Å². The topological polar surface area (TPSA) is 42.0 Å². The number of halogens is 3. The van der Waals surface area contributed by atoms with Gasteiger partial charge < -0.3 is 5.32 Å². The molecule has 0 bridgehead atoms. The third-order valence-corrected chi connectivity index (χ3v) is 3.66. The van der Waals surface area contributed by atoms with E-state index in [4.69, 9.17) is 0 Å². The monoisotopic (exact) mass is 306 g/mol. The van der Waals surface area contributed by atoms with Crippen molar-refractivity contribution in [2.45, 2.75) is 19.3 Å². The zero-order valence-electron chi connectivity index (χ0n) is 11.7. The van der Waals surface area contributed by atoms with Gasteiger partial charge in [-0.3, -0.25) is 9.78 Å². The van der Waals surface area contributed by atoms with Gasteiger partial charge >= 0.3 is 0 Å². The molecule has 0 saturated heterocycles. The average Bonchev–Trinajstić information content (AvgIpc) is 3.10. The molecule has 1 aromatic heterocycles. The summed E-state index contributed by atoms with van der Waals surface area (Å²) in [6.07, 6.45) is 2.19. The van der Waals surface area contributed by atoms with Crippen molar-refractivity contribution in [2.24, 2.45) is 5.92 Å². The molecular weight excluding hydrogens is 293 g/mol. The molecule has 1 aromatic carbocycles. The number of rotatable bonds is 3. The van der Waals surface area contributed by atoms with Crippen LogP contribution in [0.2, 0.25) is 0 Å². The number of hydrogen-bond donors (Lipinski definition) is 1. The largest absolute Gasteiger partial charge is 0.326 e. The lowest BCUT2D eigenvalue weighted by Gasteiger charge is -2.10. The van der Waals surface area contributed by atoms with Crippen LogP contribution >= 0.6 is 0 Å². The number of carbonyl (C=O) groups is 1. The van der Waals surface area contributed by atoms with Gasteiger partial charge in [0, 0.05) is 23.9 Å². The van der Waals surface area contributed by atoms with E-state index in [2.05, 4.69) is 10.3 Å². The summed E-state index contributed by atoms with van der Waals surface area (Å²) in [4.78, 5) is 15.5. The van der Waals surface area contributed by atoms with Crippen LogP contribution in [0.5, 0.6) is 0 Å². The highest BCUT2D eigenvalue weighted by atomic mass is 19.3. The second-order valence-corrected chi connectivity index (χ2v) is 5.43. The summed E-state index contributed by atoms with van der Waals surface area (Å²) in [6, 6.07) is 6.32. The highest BCUT2D eigenvalue weighted by molar-refractivity contribution is 5.96. The van der Waals surface area contributed by atoms with Crippen molar-refractivity contribution < 1.29 is 18.0 Å². The molecule has 1 fully saturated rings. The Morgan fingerprint density at radius 2 is 2.05 bits per heavy atom. The number of anilines is 1. The van der Waals surface area contributed by atoms with Gasteiger partial charge in [0.05, 0.1) is 6.20 Å². The maximum Gasteiger partial charge on any atom is 0.260 e. The zero-order chi connectivity index (χ0) is 15.9. The number of aromatic nitrogens is 1. The minimum absolute atomic E-state index is 0.401. The van der Waals surface area contributed by atoms with E-state index in [1.54, 1.807) is 18.2 Å². The Bertz CT molecular complexity index is 746. The number of benzene rings is 1. The molecule has 22 heavy (non-hydrogen) atoms. The number of hydrogen-bond acceptors (Lipinski definition) is 2. The summed E-state index contributed by atoms with van der Waals surface area (Å²) < 4.78 is 39.1. The molecule has 1 amide bonds. The van der Waals surface area contributed by atoms with E-state index in [0.29, 0.717) is 16.8 Å². The van der Waals surface area contributed by atoms with Gasteiger partial charge in [-0.2, -0.15) is 0 Å². The smallest absolute Gasteiger partial charge is 0.260 e. The number of amides is 1. The molecule has 0 radical (unpaired) electrons. The van der Waals surface area contributed by atoms with Gasteiger partial charge in [0.2, 0.25) is 5.91 Å². The zero-order valence-corrected chi connectivity index (χ0v) is 11.7. The van der Waals surface area contributed by atoms with Crippen LogP contribution in [0.3, 0.4) is 0 Å². The normalized spacial score (nSPS) is 18.8. The number of nitrogens with one attached hydrogen (secondary N) is 1. The highest BCUT2D eigenvalue weighted by Crippen LogP contribution is 2.49. The van der Waals surface area contributed by atoms with Crippen LogP contribution in [0.4, 0.5) is 18.9 Å². The first kappa shape index (κ1) is 14.6. The fraction of sp³-hybridized carbons (Fsp3) is 0.250. The Labute approximate surface area is 125 Å². The maximum atomic E-state index is 13.3. The van der Waals surface area contributed by atoms with Crippen molar-refractivity contribution in [3.63, 3.8) is 0 Å². The van der Waals surface area contributed by atoms with E-state index in [9.17, 15) is 18.0 Å². The summed E-state index contributed by atoms with van der Waals surface area (Å²) in [5.74, 6) is -5.32. The van der Waals surface area contributed by atoms with Crippen LogP contribution in [0.15, 0.2) is 36.7 Å². The number of nitrogens with zero attached hydrogens (tertiary/aromatic N) is 1. The van der Waals surface area contributed by atoms with E-state index < -0.39 is 30.0 Å². The summed E-state index contributed by atoms with van der Waals surface area (Å²) in [5.41, 5.74) is 2.51. The Kier molecular flexibility index (Phi) is 3.39. The molecule has 0 unspecified atom stereocenters. The van der Waals surface area contributed by atoms with Crippen molar-refractivity contribution >= 4 is 11.6 Å². The number of pyridine rings is 1. The van der Waals surface area contributed by atoms with Gasteiger partial charge in [-0.1, -0.05) is 6.07 Å². The van der Waals surface area contributed by atoms with Gasteiger partial charge in [0.1, 0.15) is 11.7 Å². The highest BCUT2D eigenvalue weighted by Gasteiger charge is 2.61. The van der Waals surface area contributed by atoms with Crippen molar-refractivity contribution in [3.05, 3.63) is 48.0 Å². The van der Waals surface area contributed by atoms with Crippen molar-refractivity contribution in [1.29, 1.82) is 0 Å². The van der Waals surface area contributed by atoms with Crippen LogP contribution in [-0.4, -0.2) is 16.8 Å². The molecule has 1 N–H and O–H groups in total. The molecular formula is C16H13F3N2O. The van der Waals surface area contributed by atoms with Crippen LogP contribution in [-0.2, 0) is 4.79 Å². The first-order chi connectivity index (χ1) is 10.4. The van der Waals surface area contributed by atoms with Gasteiger partial charge in [0.25, 0.3) is 5.92 Å². The molecule has 3 rings (SSSR count). The first-order valence-corrected chi connectivity index (χ1v) is 6.77. The van der Waals surface area contributed by atoms with Crippen molar-refractivity contribution in [3.8, 4) is 11.1 Å². The van der Waals surface area contributed by atoms with E-state index in [1.165, 1.54) is 12.3 Å². The summed E-state index contributed by atoms with van der Waals surface area (Å²) in [5, 5.41) is 2.48. The Morgan fingerprint density at radius 3 is 2.68 bits per heavy atom. The minimum atomic E-state index is -2.90. The molecule has 0 spiro atoms. The van der Waals surface area contributed by atoms with Crippen LogP contribution < -0.4 is 5.32 Å². The molecule has 1 heterocycles. The molecule has 2 aromatic rings. The molecule has 3 nitrogen and oxygen atoms in total. The fourth-order valence-corrected chi connectivity index (χ4v) is 2.30. The second kappa shape index (κ2) is 5.12. The number of carbonyl (C=O) groups excluding carboxylic acids is 1. The van der Waals surface area contributed by atoms with Gasteiger partial charge in [-0.25, -0.2) is 13.2 Å². The lowest BCUT2D eigenvalue weighted by atomic mass is 10.0. The molecule has 1 saturated carbocycles. The summed E-state index contributed by atoms with van der Waals surface area (Å²) in [6.45, 7) is 1.83. The van der Waals surface area contributed by atoms with Gasteiger partial charge in [-0.05, 0) is 36.2 Å². The second-order valence-electron chi connectivity index (χ2n) is 5.43. The number of alkyl halides is 2.